The lowest BCUT2D eigenvalue weighted by Gasteiger charge is -2.11. The van der Waals surface area contributed by atoms with E-state index in [2.05, 4.69) is 57.2 Å². The maximum Gasteiger partial charge on any atom is 0.242 e. The van der Waals surface area contributed by atoms with Crippen LogP contribution in [-0.4, -0.2) is 43.6 Å². The molecule has 1 heterocycles. The van der Waals surface area contributed by atoms with Crippen molar-refractivity contribution in [2.45, 2.75) is 26.8 Å². The number of nitrogens with one attached hydrogen (secondary N) is 4. The Kier molecular flexibility index (Phi) is 7.92. The number of carbonyl (C=O) groups is 1. The first-order valence-electron chi connectivity index (χ1n) is 10.6. The molecule has 4 N–H and O–H groups in total. The molecule has 0 fully saturated rings. The molecule has 0 aliphatic heterocycles. The van der Waals surface area contributed by atoms with Crippen molar-refractivity contribution in [3.05, 3.63) is 65.4 Å². The van der Waals surface area contributed by atoms with Crippen LogP contribution in [0.15, 0.2) is 53.7 Å². The van der Waals surface area contributed by atoms with E-state index in [4.69, 9.17) is 4.74 Å². The van der Waals surface area contributed by atoms with Crippen molar-refractivity contribution in [1.29, 1.82) is 0 Å². The number of fused-ring (bicyclic) bond motifs is 1. The number of guanidine groups is 1. The summed E-state index contributed by atoms with van der Waals surface area (Å²) >= 11 is 0. The van der Waals surface area contributed by atoms with Crippen molar-refractivity contribution in [2.24, 2.45) is 4.99 Å². The lowest BCUT2D eigenvalue weighted by molar-refractivity contribution is -0.119. The number of ether oxygens (including phenoxy) is 1. The van der Waals surface area contributed by atoms with Crippen LogP contribution >= 0.6 is 0 Å². The highest BCUT2D eigenvalue weighted by molar-refractivity contribution is 5.85. The third-order valence-corrected chi connectivity index (χ3v) is 4.98. The standard InChI is InChI=1S/C24H31N5O2/c1-4-25-24(26-12-11-19-15-27-22-13-17(2)5-10-21(19)22)29-16-23(30)28-14-18-6-8-20(31-3)9-7-18/h5-10,13,15,27H,4,11-12,14,16H2,1-3H3,(H,28,30)(H2,25,26,29). The molecular weight excluding hydrogens is 390 g/mol. The Labute approximate surface area is 183 Å². The summed E-state index contributed by atoms with van der Waals surface area (Å²) in [7, 11) is 1.63. The number of aryl methyl sites for hydroxylation is 1. The average Bonchev–Trinajstić information content (AvgIpc) is 3.18. The SMILES string of the molecule is CCNC(=NCC(=O)NCc1ccc(OC)cc1)NCCc1c[nH]c2cc(C)ccc12. The van der Waals surface area contributed by atoms with Gasteiger partial charge in [0.2, 0.25) is 5.91 Å². The molecule has 0 unspecified atom stereocenters. The zero-order chi connectivity index (χ0) is 22.1. The Morgan fingerprint density at radius 2 is 1.90 bits per heavy atom. The molecule has 0 aliphatic carbocycles. The largest absolute Gasteiger partial charge is 0.497 e. The molecule has 1 amide bonds. The molecule has 0 bridgehead atoms. The number of rotatable bonds is 9. The number of aliphatic imine (C=N–C) groups is 1. The summed E-state index contributed by atoms with van der Waals surface area (Å²) in [5.41, 5.74) is 4.67. The van der Waals surface area contributed by atoms with Crippen molar-refractivity contribution in [3.8, 4) is 5.75 Å². The number of hydrogen-bond donors (Lipinski definition) is 4. The predicted molar refractivity (Wildman–Crippen MR) is 126 cm³/mol. The van der Waals surface area contributed by atoms with Gasteiger partial charge in [0.15, 0.2) is 5.96 Å². The molecule has 2 aromatic carbocycles. The highest BCUT2D eigenvalue weighted by Gasteiger charge is 2.06. The van der Waals surface area contributed by atoms with Gasteiger partial charge in [0.25, 0.3) is 0 Å². The van der Waals surface area contributed by atoms with Crippen LogP contribution in [0, 0.1) is 6.92 Å². The van der Waals surface area contributed by atoms with E-state index in [1.165, 1.54) is 16.5 Å². The third-order valence-electron chi connectivity index (χ3n) is 4.98. The van der Waals surface area contributed by atoms with E-state index in [9.17, 15) is 4.79 Å². The minimum absolute atomic E-state index is 0.0673. The van der Waals surface area contributed by atoms with E-state index in [0.29, 0.717) is 12.5 Å². The molecule has 0 spiro atoms. The second kappa shape index (κ2) is 11.1. The molecule has 0 saturated carbocycles. The summed E-state index contributed by atoms with van der Waals surface area (Å²) in [4.78, 5) is 19.9. The quantitative estimate of drug-likeness (QED) is 0.316. The Bertz CT molecular complexity index is 1020. The fraction of sp³-hybridized carbons (Fsp3) is 0.333. The molecule has 3 aromatic rings. The number of aromatic nitrogens is 1. The fourth-order valence-corrected chi connectivity index (χ4v) is 3.32. The highest BCUT2D eigenvalue weighted by atomic mass is 16.5. The van der Waals surface area contributed by atoms with Gasteiger partial charge in [0.1, 0.15) is 12.3 Å². The van der Waals surface area contributed by atoms with Crippen molar-refractivity contribution < 1.29 is 9.53 Å². The van der Waals surface area contributed by atoms with Crippen LogP contribution in [-0.2, 0) is 17.8 Å². The van der Waals surface area contributed by atoms with Gasteiger partial charge in [-0.05, 0) is 55.2 Å². The van der Waals surface area contributed by atoms with Crippen LogP contribution in [0.4, 0.5) is 0 Å². The first-order chi connectivity index (χ1) is 15.1. The molecule has 164 valence electrons. The zero-order valence-corrected chi connectivity index (χ0v) is 18.4. The van der Waals surface area contributed by atoms with E-state index in [-0.39, 0.29) is 12.5 Å². The van der Waals surface area contributed by atoms with E-state index in [1.807, 2.05) is 31.2 Å². The predicted octanol–water partition coefficient (Wildman–Crippen LogP) is 2.90. The second-order valence-electron chi connectivity index (χ2n) is 7.36. The Balaban J connectivity index is 1.47. The Morgan fingerprint density at radius 3 is 2.65 bits per heavy atom. The van der Waals surface area contributed by atoms with Gasteiger partial charge in [-0.1, -0.05) is 24.3 Å². The maximum atomic E-state index is 12.2. The van der Waals surface area contributed by atoms with Crippen LogP contribution in [0.2, 0.25) is 0 Å². The van der Waals surface area contributed by atoms with Crippen molar-refractivity contribution in [3.63, 3.8) is 0 Å². The molecule has 0 aliphatic rings. The summed E-state index contributed by atoms with van der Waals surface area (Å²) < 4.78 is 5.14. The number of nitrogens with zero attached hydrogens (tertiary/aromatic N) is 1. The first-order valence-corrected chi connectivity index (χ1v) is 10.6. The summed E-state index contributed by atoms with van der Waals surface area (Å²) in [5.74, 6) is 1.31. The number of hydrogen-bond acceptors (Lipinski definition) is 3. The summed E-state index contributed by atoms with van der Waals surface area (Å²) in [6.07, 6.45) is 2.92. The molecule has 3 rings (SSSR count). The molecule has 7 nitrogen and oxygen atoms in total. The van der Waals surface area contributed by atoms with Gasteiger partial charge in [0.05, 0.1) is 7.11 Å². The molecule has 31 heavy (non-hydrogen) atoms. The van der Waals surface area contributed by atoms with Gasteiger partial charge in [-0.15, -0.1) is 0 Å². The van der Waals surface area contributed by atoms with Crippen LogP contribution < -0.4 is 20.7 Å². The number of aromatic amines is 1. The molecule has 1 aromatic heterocycles. The van der Waals surface area contributed by atoms with Crippen molar-refractivity contribution >= 4 is 22.8 Å². The Hall–Kier alpha value is -3.48. The summed E-state index contributed by atoms with van der Waals surface area (Å²) in [6, 6.07) is 14.1. The van der Waals surface area contributed by atoms with Gasteiger partial charge in [-0.2, -0.15) is 0 Å². The molecular formula is C24H31N5O2. The van der Waals surface area contributed by atoms with Crippen LogP contribution in [0.25, 0.3) is 10.9 Å². The average molecular weight is 422 g/mol. The first kappa shape index (κ1) is 22.2. The van der Waals surface area contributed by atoms with Gasteiger partial charge in [-0.25, -0.2) is 4.99 Å². The number of methoxy groups -OCH3 is 1. The highest BCUT2D eigenvalue weighted by Crippen LogP contribution is 2.19. The van der Waals surface area contributed by atoms with E-state index in [1.54, 1.807) is 7.11 Å². The van der Waals surface area contributed by atoms with Crippen molar-refractivity contribution in [1.82, 2.24) is 20.9 Å². The lowest BCUT2D eigenvalue weighted by atomic mass is 10.1. The van der Waals surface area contributed by atoms with E-state index < -0.39 is 0 Å². The lowest BCUT2D eigenvalue weighted by Crippen LogP contribution is -2.39. The molecule has 7 heteroatoms. The van der Waals surface area contributed by atoms with Crippen LogP contribution in [0.5, 0.6) is 5.75 Å². The van der Waals surface area contributed by atoms with Gasteiger partial charge < -0.3 is 25.7 Å². The number of H-pyrrole nitrogens is 1. The summed E-state index contributed by atoms with van der Waals surface area (Å²) in [6.45, 7) is 6.07. The third kappa shape index (κ3) is 6.50. The van der Waals surface area contributed by atoms with Gasteiger partial charge >= 0.3 is 0 Å². The molecule has 0 radical (unpaired) electrons. The number of amides is 1. The van der Waals surface area contributed by atoms with Crippen molar-refractivity contribution in [2.75, 3.05) is 26.7 Å². The van der Waals surface area contributed by atoms with Crippen LogP contribution in [0.3, 0.4) is 0 Å². The van der Waals surface area contributed by atoms with Crippen LogP contribution in [0.1, 0.15) is 23.6 Å². The van der Waals surface area contributed by atoms with Gasteiger partial charge in [0, 0.05) is 36.7 Å². The number of benzene rings is 2. The second-order valence-corrected chi connectivity index (χ2v) is 7.36. The molecule has 0 saturated heterocycles. The number of carbonyl (C=O) groups excluding carboxylic acids is 1. The minimum atomic E-state index is -0.125. The van der Waals surface area contributed by atoms with E-state index >= 15 is 0 Å². The van der Waals surface area contributed by atoms with E-state index in [0.717, 1.165) is 36.3 Å². The summed E-state index contributed by atoms with van der Waals surface area (Å²) in [5, 5.41) is 10.6. The smallest absolute Gasteiger partial charge is 0.242 e. The maximum absolute atomic E-state index is 12.2. The minimum Gasteiger partial charge on any atom is -0.497 e. The molecule has 0 atom stereocenters. The monoisotopic (exact) mass is 421 g/mol. The topological polar surface area (TPSA) is 90.5 Å². The van der Waals surface area contributed by atoms with Gasteiger partial charge in [-0.3, -0.25) is 4.79 Å². The zero-order valence-electron chi connectivity index (χ0n) is 18.4. The Morgan fingerprint density at radius 1 is 1.10 bits per heavy atom. The fourth-order valence-electron chi connectivity index (χ4n) is 3.32. The normalized spacial score (nSPS) is 11.4.